The molecule has 8 nitrogen and oxygen atoms in total. The zero-order valence-corrected chi connectivity index (χ0v) is 12.7. The Morgan fingerprint density at radius 3 is 3.00 bits per heavy atom. The van der Waals surface area contributed by atoms with Gasteiger partial charge in [0.1, 0.15) is 6.20 Å². The standard InChI is InChI=1S/C13H22N6O2/c1-4-14-13-15-8-11(19(20)21)12(16-13)18(3)10-6-5-7-17(2)9-10/h8,10H,4-7,9H2,1-3H3,(H,14,15,16). The highest BCUT2D eigenvalue weighted by Gasteiger charge is 2.28. The first kappa shape index (κ1) is 15.4. The molecule has 0 amide bonds. The van der Waals surface area contributed by atoms with E-state index < -0.39 is 4.92 Å². The van der Waals surface area contributed by atoms with Gasteiger partial charge in [0.05, 0.1) is 4.92 Å². The maximum Gasteiger partial charge on any atom is 0.329 e. The van der Waals surface area contributed by atoms with Gasteiger partial charge in [0.2, 0.25) is 11.8 Å². The van der Waals surface area contributed by atoms with Crippen molar-refractivity contribution in [3.05, 3.63) is 16.3 Å². The number of piperidine rings is 1. The maximum atomic E-state index is 11.2. The second-order valence-electron chi connectivity index (χ2n) is 5.36. The third kappa shape index (κ3) is 3.57. The molecule has 0 saturated carbocycles. The van der Waals surface area contributed by atoms with E-state index in [9.17, 15) is 10.1 Å². The third-order valence-electron chi connectivity index (χ3n) is 3.76. The van der Waals surface area contributed by atoms with Gasteiger partial charge in [-0.05, 0) is 33.4 Å². The second-order valence-corrected chi connectivity index (χ2v) is 5.36. The lowest BCUT2D eigenvalue weighted by atomic mass is 10.1. The lowest BCUT2D eigenvalue weighted by Gasteiger charge is -2.36. The smallest absolute Gasteiger partial charge is 0.329 e. The molecule has 2 rings (SSSR count). The Kier molecular flexibility index (Phi) is 4.89. The Labute approximate surface area is 124 Å². The molecule has 21 heavy (non-hydrogen) atoms. The van der Waals surface area contributed by atoms with Crippen LogP contribution in [0.1, 0.15) is 19.8 Å². The van der Waals surface area contributed by atoms with Gasteiger partial charge in [-0.25, -0.2) is 4.98 Å². The van der Waals surface area contributed by atoms with Gasteiger partial charge in [-0.2, -0.15) is 4.98 Å². The summed E-state index contributed by atoms with van der Waals surface area (Å²) in [6, 6.07) is 0.229. The van der Waals surface area contributed by atoms with Crippen LogP contribution in [0, 0.1) is 10.1 Å². The predicted octanol–water partition coefficient (Wildman–Crippen LogP) is 1.35. The van der Waals surface area contributed by atoms with Crippen LogP contribution in [0.15, 0.2) is 6.20 Å². The van der Waals surface area contributed by atoms with E-state index >= 15 is 0 Å². The molecule has 2 heterocycles. The number of hydrogen-bond acceptors (Lipinski definition) is 7. The molecule has 1 aliphatic heterocycles. The molecule has 1 saturated heterocycles. The first-order chi connectivity index (χ1) is 10.0. The number of nitro groups is 1. The van der Waals surface area contributed by atoms with Crippen molar-refractivity contribution in [3.8, 4) is 0 Å². The molecule has 0 aliphatic carbocycles. The van der Waals surface area contributed by atoms with E-state index in [0.717, 1.165) is 25.9 Å². The van der Waals surface area contributed by atoms with Crippen LogP contribution in [0.5, 0.6) is 0 Å². The molecule has 1 atom stereocenters. The molecule has 1 aromatic rings. The van der Waals surface area contributed by atoms with Crippen LogP contribution in [0.3, 0.4) is 0 Å². The van der Waals surface area contributed by atoms with Gasteiger partial charge in [-0.1, -0.05) is 0 Å². The molecule has 116 valence electrons. The lowest BCUT2D eigenvalue weighted by molar-refractivity contribution is -0.384. The summed E-state index contributed by atoms with van der Waals surface area (Å²) in [5.74, 6) is 0.806. The number of nitrogens with one attached hydrogen (secondary N) is 1. The topological polar surface area (TPSA) is 87.4 Å². The zero-order valence-electron chi connectivity index (χ0n) is 12.7. The summed E-state index contributed by atoms with van der Waals surface area (Å²) in [5, 5.41) is 14.2. The Hall–Kier alpha value is -1.96. The molecule has 1 aromatic heterocycles. The normalized spacial score (nSPS) is 19.3. The average Bonchev–Trinajstić information content (AvgIpc) is 2.46. The summed E-state index contributed by atoms with van der Waals surface area (Å²) >= 11 is 0. The Morgan fingerprint density at radius 1 is 1.62 bits per heavy atom. The summed E-state index contributed by atoms with van der Waals surface area (Å²) in [4.78, 5) is 23.3. The molecular weight excluding hydrogens is 272 g/mol. The van der Waals surface area contributed by atoms with Crippen molar-refractivity contribution in [3.63, 3.8) is 0 Å². The molecule has 8 heteroatoms. The van der Waals surface area contributed by atoms with Crippen molar-refractivity contribution in [1.29, 1.82) is 0 Å². The minimum absolute atomic E-state index is 0.0487. The van der Waals surface area contributed by atoms with E-state index in [2.05, 4.69) is 27.2 Å². The van der Waals surface area contributed by atoms with Crippen molar-refractivity contribution >= 4 is 17.5 Å². The molecule has 1 N–H and O–H groups in total. The van der Waals surface area contributed by atoms with Crippen LogP contribution >= 0.6 is 0 Å². The van der Waals surface area contributed by atoms with E-state index in [-0.39, 0.29) is 11.7 Å². The van der Waals surface area contributed by atoms with Gasteiger partial charge in [-0.3, -0.25) is 10.1 Å². The molecule has 0 aromatic carbocycles. The van der Waals surface area contributed by atoms with E-state index in [1.165, 1.54) is 6.20 Å². The number of anilines is 2. The van der Waals surface area contributed by atoms with E-state index in [1.54, 1.807) is 0 Å². The predicted molar refractivity (Wildman–Crippen MR) is 81.8 cm³/mol. The summed E-state index contributed by atoms with van der Waals surface area (Å²) in [5.41, 5.74) is -0.0487. The fraction of sp³-hybridized carbons (Fsp3) is 0.692. The minimum atomic E-state index is -0.423. The van der Waals surface area contributed by atoms with Crippen LogP contribution in [0.2, 0.25) is 0 Å². The third-order valence-corrected chi connectivity index (χ3v) is 3.76. The maximum absolute atomic E-state index is 11.2. The van der Waals surface area contributed by atoms with Crippen LogP contribution < -0.4 is 10.2 Å². The second kappa shape index (κ2) is 6.66. The van der Waals surface area contributed by atoms with Crippen LogP contribution in [0.4, 0.5) is 17.5 Å². The number of nitrogens with zero attached hydrogens (tertiary/aromatic N) is 5. The van der Waals surface area contributed by atoms with Crippen molar-refractivity contribution < 1.29 is 4.92 Å². The average molecular weight is 294 g/mol. The van der Waals surface area contributed by atoms with Gasteiger partial charge >= 0.3 is 5.69 Å². The lowest BCUT2D eigenvalue weighted by Crippen LogP contribution is -2.45. The molecule has 0 bridgehead atoms. The van der Waals surface area contributed by atoms with Crippen LogP contribution in [0.25, 0.3) is 0 Å². The monoisotopic (exact) mass is 294 g/mol. The summed E-state index contributed by atoms with van der Waals surface area (Å²) in [7, 11) is 3.94. The fourth-order valence-corrected chi connectivity index (χ4v) is 2.63. The van der Waals surface area contributed by atoms with Gasteiger partial charge in [-0.15, -0.1) is 0 Å². The number of likely N-dealkylation sites (tertiary alicyclic amines) is 1. The Balaban J connectivity index is 2.30. The highest BCUT2D eigenvalue weighted by Crippen LogP contribution is 2.28. The first-order valence-corrected chi connectivity index (χ1v) is 7.19. The quantitative estimate of drug-likeness (QED) is 0.647. The minimum Gasteiger partial charge on any atom is -0.354 e. The summed E-state index contributed by atoms with van der Waals surface area (Å²) in [6.45, 7) is 4.56. The van der Waals surface area contributed by atoms with Gasteiger partial charge in [0.15, 0.2) is 0 Å². The fourth-order valence-electron chi connectivity index (χ4n) is 2.63. The SMILES string of the molecule is CCNc1ncc([N+](=O)[O-])c(N(C)C2CCCN(C)C2)n1. The van der Waals surface area contributed by atoms with Crippen LogP contribution in [-0.4, -0.2) is 59.6 Å². The van der Waals surface area contributed by atoms with Crippen molar-refractivity contribution in [2.75, 3.05) is 43.9 Å². The summed E-state index contributed by atoms with van der Waals surface area (Å²) in [6.07, 6.45) is 3.38. The van der Waals surface area contributed by atoms with Crippen LogP contribution in [-0.2, 0) is 0 Å². The number of rotatable bonds is 5. The van der Waals surface area contributed by atoms with E-state index in [4.69, 9.17) is 0 Å². The Bertz CT molecular complexity index is 509. The van der Waals surface area contributed by atoms with E-state index in [1.807, 2.05) is 18.9 Å². The highest BCUT2D eigenvalue weighted by atomic mass is 16.6. The van der Waals surface area contributed by atoms with Crippen molar-refractivity contribution in [2.45, 2.75) is 25.8 Å². The summed E-state index contributed by atoms with van der Waals surface area (Å²) < 4.78 is 0. The first-order valence-electron chi connectivity index (χ1n) is 7.19. The van der Waals surface area contributed by atoms with Gasteiger partial charge in [0.25, 0.3) is 0 Å². The van der Waals surface area contributed by atoms with Crippen molar-refractivity contribution in [1.82, 2.24) is 14.9 Å². The largest absolute Gasteiger partial charge is 0.354 e. The zero-order chi connectivity index (χ0) is 15.4. The number of aromatic nitrogens is 2. The van der Waals surface area contributed by atoms with Gasteiger partial charge < -0.3 is 15.1 Å². The van der Waals surface area contributed by atoms with E-state index in [0.29, 0.717) is 18.3 Å². The molecule has 1 unspecified atom stereocenters. The molecule has 1 aliphatic rings. The highest BCUT2D eigenvalue weighted by molar-refractivity contribution is 5.59. The van der Waals surface area contributed by atoms with Gasteiger partial charge in [0, 0.05) is 26.2 Å². The number of likely N-dealkylation sites (N-methyl/N-ethyl adjacent to an activating group) is 2. The molecule has 0 spiro atoms. The Morgan fingerprint density at radius 2 is 2.38 bits per heavy atom. The number of hydrogen-bond donors (Lipinski definition) is 1. The van der Waals surface area contributed by atoms with Crippen molar-refractivity contribution in [2.24, 2.45) is 0 Å². The molecular formula is C13H22N6O2. The molecule has 0 radical (unpaired) electrons. The molecule has 1 fully saturated rings.